The van der Waals surface area contributed by atoms with Crippen LogP contribution < -0.4 is 10.1 Å². The van der Waals surface area contributed by atoms with Gasteiger partial charge in [-0.1, -0.05) is 38.1 Å². The van der Waals surface area contributed by atoms with Crippen molar-refractivity contribution in [3.63, 3.8) is 0 Å². The molecule has 2 nitrogen and oxygen atoms in total. The molecule has 0 aliphatic rings. The monoisotopic (exact) mass is 255 g/mol. The van der Waals surface area contributed by atoms with Crippen LogP contribution in [-0.4, -0.2) is 19.7 Å². The zero-order valence-electron chi connectivity index (χ0n) is 10.6. The Labute approximate surface area is 110 Å². The van der Waals surface area contributed by atoms with E-state index in [2.05, 4.69) is 37.4 Å². The van der Waals surface area contributed by atoms with Gasteiger partial charge in [0.05, 0.1) is 0 Å². The van der Waals surface area contributed by atoms with Crippen LogP contribution in [0.25, 0.3) is 0 Å². The Morgan fingerprint density at radius 2 is 1.82 bits per heavy atom. The number of benzene rings is 1. The number of hydrogen-bond acceptors (Lipinski definition) is 2. The van der Waals surface area contributed by atoms with E-state index in [0.29, 0.717) is 6.61 Å². The first-order chi connectivity index (χ1) is 7.86. The van der Waals surface area contributed by atoms with E-state index in [-0.39, 0.29) is 12.4 Å². The van der Waals surface area contributed by atoms with Gasteiger partial charge in [0.25, 0.3) is 0 Å². The lowest BCUT2D eigenvalue weighted by Crippen LogP contribution is -2.11. The minimum atomic E-state index is 0. The number of nitrogens with one attached hydrogen (secondary N) is 1. The molecule has 0 spiro atoms. The third kappa shape index (κ3) is 7.03. The van der Waals surface area contributed by atoms with Crippen LogP contribution in [0, 0.1) is 0 Å². The number of halogens is 1. The zero-order chi connectivity index (χ0) is 11.6. The van der Waals surface area contributed by atoms with Gasteiger partial charge in [0.1, 0.15) is 12.4 Å². The minimum absolute atomic E-state index is 0. The van der Waals surface area contributed by atoms with E-state index in [9.17, 15) is 0 Å². The molecule has 3 heteroatoms. The maximum atomic E-state index is 5.57. The lowest BCUT2D eigenvalue weighted by Gasteiger charge is -2.03. The van der Waals surface area contributed by atoms with Gasteiger partial charge in [0.15, 0.2) is 0 Å². The Bertz CT molecular complexity index is 309. The molecule has 0 radical (unpaired) electrons. The molecule has 0 aliphatic heterocycles. The highest BCUT2D eigenvalue weighted by atomic mass is 35.5. The highest BCUT2D eigenvalue weighted by Crippen LogP contribution is 2.12. The van der Waals surface area contributed by atoms with Gasteiger partial charge in [-0.2, -0.15) is 0 Å². The van der Waals surface area contributed by atoms with Crippen LogP contribution in [0.1, 0.15) is 19.4 Å². The van der Waals surface area contributed by atoms with Crippen molar-refractivity contribution in [2.75, 3.05) is 19.7 Å². The maximum absolute atomic E-state index is 5.57. The zero-order valence-corrected chi connectivity index (χ0v) is 11.4. The highest BCUT2D eigenvalue weighted by Gasteiger charge is 1.91. The van der Waals surface area contributed by atoms with Crippen molar-refractivity contribution in [2.24, 2.45) is 0 Å². The van der Waals surface area contributed by atoms with E-state index >= 15 is 0 Å². The van der Waals surface area contributed by atoms with Gasteiger partial charge < -0.3 is 10.1 Å². The lowest BCUT2D eigenvalue weighted by molar-refractivity contribution is 0.362. The average Bonchev–Trinajstić information content (AvgIpc) is 2.34. The number of ether oxygens (including phenoxy) is 1. The van der Waals surface area contributed by atoms with Crippen molar-refractivity contribution < 1.29 is 4.74 Å². The number of rotatable bonds is 7. The van der Waals surface area contributed by atoms with Crippen molar-refractivity contribution in [1.82, 2.24) is 5.32 Å². The predicted octanol–water partition coefficient (Wildman–Crippen LogP) is 3.22. The minimum Gasteiger partial charge on any atom is -0.490 e. The fraction of sp³-hybridized carbons (Fsp3) is 0.429. The molecule has 0 amide bonds. The molecule has 0 bridgehead atoms. The highest BCUT2D eigenvalue weighted by molar-refractivity contribution is 5.85. The summed E-state index contributed by atoms with van der Waals surface area (Å²) in [6, 6.07) is 8.27. The van der Waals surface area contributed by atoms with E-state index in [4.69, 9.17) is 4.74 Å². The van der Waals surface area contributed by atoms with Gasteiger partial charge in [0.2, 0.25) is 0 Å². The summed E-state index contributed by atoms with van der Waals surface area (Å²) in [7, 11) is 0. The Balaban J connectivity index is 0.00000256. The second-order valence-electron chi connectivity index (χ2n) is 3.59. The Hall–Kier alpha value is -0.990. The summed E-state index contributed by atoms with van der Waals surface area (Å²) < 4.78 is 5.57. The second kappa shape index (κ2) is 10.2. The van der Waals surface area contributed by atoms with Gasteiger partial charge in [-0.25, -0.2) is 0 Å². The summed E-state index contributed by atoms with van der Waals surface area (Å²) in [5.41, 5.74) is 1.34. The van der Waals surface area contributed by atoms with Crippen LogP contribution in [-0.2, 0) is 6.42 Å². The SMILES string of the molecule is CCNC/C=C/COc1ccc(CC)cc1.Cl. The van der Waals surface area contributed by atoms with Crippen molar-refractivity contribution in [1.29, 1.82) is 0 Å². The van der Waals surface area contributed by atoms with Crippen molar-refractivity contribution >= 4 is 12.4 Å². The topological polar surface area (TPSA) is 21.3 Å². The summed E-state index contributed by atoms with van der Waals surface area (Å²) >= 11 is 0. The number of likely N-dealkylation sites (N-methyl/N-ethyl adjacent to an activating group) is 1. The lowest BCUT2D eigenvalue weighted by atomic mass is 10.2. The van der Waals surface area contributed by atoms with Gasteiger partial charge >= 0.3 is 0 Å². The van der Waals surface area contributed by atoms with Gasteiger partial charge in [-0.3, -0.25) is 0 Å². The largest absolute Gasteiger partial charge is 0.490 e. The summed E-state index contributed by atoms with van der Waals surface area (Å²) in [5, 5.41) is 3.22. The molecule has 1 aromatic rings. The molecule has 1 aromatic carbocycles. The van der Waals surface area contributed by atoms with Crippen molar-refractivity contribution in [3.05, 3.63) is 42.0 Å². The molecule has 96 valence electrons. The number of hydrogen-bond donors (Lipinski definition) is 1. The molecule has 0 atom stereocenters. The van der Waals surface area contributed by atoms with Crippen LogP contribution in [0.4, 0.5) is 0 Å². The molecule has 0 unspecified atom stereocenters. The Morgan fingerprint density at radius 1 is 1.12 bits per heavy atom. The predicted molar refractivity (Wildman–Crippen MR) is 76.2 cm³/mol. The van der Waals surface area contributed by atoms with Gasteiger partial charge in [0, 0.05) is 6.54 Å². The summed E-state index contributed by atoms with van der Waals surface area (Å²) in [6.45, 7) is 6.80. The van der Waals surface area contributed by atoms with Crippen molar-refractivity contribution in [2.45, 2.75) is 20.3 Å². The van der Waals surface area contributed by atoms with Crippen LogP contribution in [0.3, 0.4) is 0 Å². The summed E-state index contributed by atoms with van der Waals surface area (Å²) in [4.78, 5) is 0. The van der Waals surface area contributed by atoms with Crippen LogP contribution >= 0.6 is 12.4 Å². The van der Waals surface area contributed by atoms with E-state index < -0.39 is 0 Å². The molecule has 0 heterocycles. The molecule has 0 saturated carbocycles. The van der Waals surface area contributed by atoms with E-state index in [0.717, 1.165) is 25.3 Å². The molecule has 1 rings (SSSR count). The third-order valence-corrected chi connectivity index (χ3v) is 2.36. The average molecular weight is 256 g/mol. The third-order valence-electron chi connectivity index (χ3n) is 2.36. The van der Waals surface area contributed by atoms with Crippen molar-refractivity contribution in [3.8, 4) is 5.75 Å². The Morgan fingerprint density at radius 3 is 2.41 bits per heavy atom. The maximum Gasteiger partial charge on any atom is 0.119 e. The van der Waals surface area contributed by atoms with Crippen LogP contribution in [0.2, 0.25) is 0 Å². The van der Waals surface area contributed by atoms with E-state index in [1.54, 1.807) is 0 Å². The Kier molecular flexibility index (Phi) is 9.59. The van der Waals surface area contributed by atoms with E-state index in [1.807, 2.05) is 18.2 Å². The molecular formula is C14H22ClNO. The molecule has 0 saturated heterocycles. The first-order valence-corrected chi connectivity index (χ1v) is 5.94. The first kappa shape index (κ1) is 16.0. The molecule has 0 aliphatic carbocycles. The molecule has 17 heavy (non-hydrogen) atoms. The van der Waals surface area contributed by atoms with Crippen LogP contribution in [0.5, 0.6) is 5.75 Å². The molecule has 0 fully saturated rings. The fourth-order valence-corrected chi connectivity index (χ4v) is 1.34. The summed E-state index contributed by atoms with van der Waals surface area (Å²) in [6.07, 6.45) is 5.20. The quantitative estimate of drug-likeness (QED) is 0.597. The standard InChI is InChI=1S/C14H21NO.ClH/c1-3-13-7-9-14(10-8-13)16-12-6-5-11-15-4-2;/h5-10,15H,3-4,11-12H2,1-2H3;1H/b6-5+;. The first-order valence-electron chi connectivity index (χ1n) is 5.94. The van der Waals surface area contributed by atoms with Gasteiger partial charge in [-0.05, 0) is 30.7 Å². The summed E-state index contributed by atoms with van der Waals surface area (Å²) in [5.74, 6) is 0.935. The van der Waals surface area contributed by atoms with Crippen LogP contribution in [0.15, 0.2) is 36.4 Å². The van der Waals surface area contributed by atoms with Gasteiger partial charge in [-0.15, -0.1) is 12.4 Å². The molecule has 1 N–H and O–H groups in total. The fourth-order valence-electron chi connectivity index (χ4n) is 1.34. The molecular weight excluding hydrogens is 234 g/mol. The normalized spacial score (nSPS) is 10.2. The molecule has 0 aromatic heterocycles. The van der Waals surface area contributed by atoms with E-state index in [1.165, 1.54) is 5.56 Å². The number of aryl methyl sites for hydroxylation is 1. The second-order valence-corrected chi connectivity index (χ2v) is 3.59. The smallest absolute Gasteiger partial charge is 0.119 e.